The van der Waals surface area contributed by atoms with Crippen LogP contribution >= 0.6 is 23.2 Å². The molecule has 2 aromatic carbocycles. The molecule has 0 bridgehead atoms. The molecule has 0 amide bonds. The summed E-state index contributed by atoms with van der Waals surface area (Å²) in [5.74, 6) is 1.47. The summed E-state index contributed by atoms with van der Waals surface area (Å²) in [6.07, 6.45) is 0.993. The number of rotatable bonds is 4. The predicted octanol–water partition coefficient (Wildman–Crippen LogP) is 5.28. The SMILES string of the molecule is CCC(O)c1cc(-c2ccc(OC)cc2Cl)c(Cl)c2nc3n(c12)CCCN3. The molecular formula is C20H21Cl2N3O2. The fourth-order valence-electron chi connectivity index (χ4n) is 3.61. The molecule has 5 nitrogen and oxygen atoms in total. The van der Waals surface area contributed by atoms with Gasteiger partial charge >= 0.3 is 0 Å². The van der Waals surface area contributed by atoms with Gasteiger partial charge in [0.15, 0.2) is 0 Å². The Hall–Kier alpha value is -1.95. The summed E-state index contributed by atoms with van der Waals surface area (Å²) in [7, 11) is 1.60. The third-order valence-electron chi connectivity index (χ3n) is 5.04. The Bertz CT molecular complexity index is 1020. The monoisotopic (exact) mass is 405 g/mol. The molecule has 27 heavy (non-hydrogen) atoms. The number of hydrogen-bond acceptors (Lipinski definition) is 4. The number of aromatic nitrogens is 2. The van der Waals surface area contributed by atoms with E-state index in [1.54, 1.807) is 13.2 Å². The standard InChI is InChI=1S/C20H21Cl2N3O2/c1-3-16(26)14-10-13(12-6-5-11(27-2)9-15(12)21)17(22)18-19(14)25-8-4-7-23-20(25)24-18/h5-6,9-10,16,26H,3-4,7-8H2,1-2H3,(H,23,24). The van der Waals surface area contributed by atoms with Crippen LogP contribution < -0.4 is 10.1 Å². The van der Waals surface area contributed by atoms with Crippen LogP contribution in [0.3, 0.4) is 0 Å². The first-order valence-electron chi connectivity index (χ1n) is 9.03. The molecule has 0 saturated carbocycles. The van der Waals surface area contributed by atoms with Crippen LogP contribution in [-0.4, -0.2) is 28.3 Å². The highest BCUT2D eigenvalue weighted by Crippen LogP contribution is 2.43. The van der Waals surface area contributed by atoms with Crippen molar-refractivity contribution in [2.75, 3.05) is 19.0 Å². The number of benzene rings is 2. The maximum atomic E-state index is 10.7. The van der Waals surface area contributed by atoms with Crippen molar-refractivity contribution in [2.45, 2.75) is 32.4 Å². The minimum Gasteiger partial charge on any atom is -0.497 e. The van der Waals surface area contributed by atoms with Gasteiger partial charge in [0.1, 0.15) is 11.3 Å². The summed E-state index contributed by atoms with van der Waals surface area (Å²) >= 11 is 13.3. The molecule has 142 valence electrons. The van der Waals surface area contributed by atoms with E-state index in [0.717, 1.165) is 47.7 Å². The van der Waals surface area contributed by atoms with Gasteiger partial charge in [-0.05, 0) is 37.1 Å². The van der Waals surface area contributed by atoms with E-state index < -0.39 is 6.10 Å². The fourth-order valence-corrected chi connectivity index (χ4v) is 4.17. The molecule has 1 aliphatic heterocycles. The second kappa shape index (κ2) is 7.23. The Kier molecular flexibility index (Phi) is 4.93. The summed E-state index contributed by atoms with van der Waals surface area (Å²) in [5, 5.41) is 15.1. The van der Waals surface area contributed by atoms with Crippen LogP contribution in [0.15, 0.2) is 24.3 Å². The average molecular weight is 406 g/mol. The van der Waals surface area contributed by atoms with Crippen molar-refractivity contribution in [2.24, 2.45) is 0 Å². The highest BCUT2D eigenvalue weighted by Gasteiger charge is 2.25. The number of ether oxygens (including phenoxy) is 1. The summed E-state index contributed by atoms with van der Waals surface area (Å²) in [6.45, 7) is 3.68. The number of anilines is 1. The number of aliphatic hydroxyl groups is 1. The number of aliphatic hydroxyl groups excluding tert-OH is 1. The topological polar surface area (TPSA) is 59.3 Å². The minimum absolute atomic E-state index is 0.535. The molecule has 1 unspecified atom stereocenters. The summed E-state index contributed by atoms with van der Waals surface area (Å²) in [6, 6.07) is 7.42. The highest BCUT2D eigenvalue weighted by atomic mass is 35.5. The zero-order valence-corrected chi connectivity index (χ0v) is 16.7. The van der Waals surface area contributed by atoms with Crippen LogP contribution in [0.4, 0.5) is 5.95 Å². The number of imidazole rings is 1. The molecular weight excluding hydrogens is 385 g/mol. The molecule has 0 saturated heterocycles. The van der Waals surface area contributed by atoms with Gasteiger partial charge in [0.25, 0.3) is 0 Å². The zero-order chi connectivity index (χ0) is 19.1. The molecule has 0 fully saturated rings. The van der Waals surface area contributed by atoms with E-state index in [2.05, 4.69) is 9.88 Å². The van der Waals surface area contributed by atoms with Gasteiger partial charge in [-0.1, -0.05) is 30.1 Å². The molecule has 2 N–H and O–H groups in total. The fraction of sp³-hybridized carbons (Fsp3) is 0.350. The smallest absolute Gasteiger partial charge is 0.203 e. The van der Waals surface area contributed by atoms with E-state index in [-0.39, 0.29) is 0 Å². The van der Waals surface area contributed by atoms with Crippen molar-refractivity contribution >= 4 is 40.2 Å². The lowest BCUT2D eigenvalue weighted by Crippen LogP contribution is -2.17. The minimum atomic E-state index is -0.608. The van der Waals surface area contributed by atoms with Crippen LogP contribution in [0.25, 0.3) is 22.2 Å². The van der Waals surface area contributed by atoms with Crippen molar-refractivity contribution in [1.82, 2.24) is 9.55 Å². The summed E-state index contributed by atoms with van der Waals surface area (Å²) in [5.41, 5.74) is 3.95. The maximum Gasteiger partial charge on any atom is 0.203 e. The number of halogens is 2. The average Bonchev–Trinajstić information content (AvgIpc) is 3.08. The number of nitrogens with one attached hydrogen (secondary N) is 1. The lowest BCUT2D eigenvalue weighted by atomic mass is 9.97. The molecule has 0 aliphatic carbocycles. The Morgan fingerprint density at radius 2 is 2.11 bits per heavy atom. The first-order valence-corrected chi connectivity index (χ1v) is 9.79. The van der Waals surface area contributed by atoms with Gasteiger partial charge in [-0.15, -0.1) is 0 Å². The molecule has 1 aliphatic rings. The van der Waals surface area contributed by atoms with Crippen molar-refractivity contribution in [3.8, 4) is 16.9 Å². The quantitative estimate of drug-likeness (QED) is 0.619. The first kappa shape index (κ1) is 18.4. The molecule has 0 spiro atoms. The Balaban J connectivity index is 2.01. The van der Waals surface area contributed by atoms with E-state index in [0.29, 0.717) is 27.7 Å². The van der Waals surface area contributed by atoms with E-state index in [1.165, 1.54) is 0 Å². The number of aryl methyl sites for hydroxylation is 1. The molecule has 3 aromatic rings. The summed E-state index contributed by atoms with van der Waals surface area (Å²) < 4.78 is 7.35. The number of hydrogen-bond donors (Lipinski definition) is 2. The zero-order valence-electron chi connectivity index (χ0n) is 15.2. The number of fused-ring (bicyclic) bond motifs is 3. The van der Waals surface area contributed by atoms with E-state index in [4.69, 9.17) is 32.9 Å². The predicted molar refractivity (Wildman–Crippen MR) is 110 cm³/mol. The number of methoxy groups -OCH3 is 1. The van der Waals surface area contributed by atoms with Crippen molar-refractivity contribution < 1.29 is 9.84 Å². The highest BCUT2D eigenvalue weighted by molar-refractivity contribution is 6.39. The lowest BCUT2D eigenvalue weighted by molar-refractivity contribution is 0.175. The second-order valence-corrected chi connectivity index (χ2v) is 7.45. The van der Waals surface area contributed by atoms with Gasteiger partial charge in [-0.25, -0.2) is 4.98 Å². The summed E-state index contributed by atoms with van der Waals surface area (Å²) in [4.78, 5) is 4.72. The Morgan fingerprint density at radius 1 is 1.30 bits per heavy atom. The molecule has 1 aromatic heterocycles. The van der Waals surface area contributed by atoms with Crippen molar-refractivity contribution in [3.05, 3.63) is 39.9 Å². The van der Waals surface area contributed by atoms with Gasteiger partial charge in [0.05, 0.1) is 28.8 Å². The van der Waals surface area contributed by atoms with Gasteiger partial charge in [0, 0.05) is 29.8 Å². The van der Waals surface area contributed by atoms with E-state index in [1.807, 2.05) is 25.1 Å². The van der Waals surface area contributed by atoms with E-state index in [9.17, 15) is 5.11 Å². The molecule has 2 heterocycles. The molecule has 1 atom stereocenters. The third-order valence-corrected chi connectivity index (χ3v) is 5.73. The maximum absolute atomic E-state index is 10.7. The molecule has 7 heteroatoms. The molecule has 0 radical (unpaired) electrons. The van der Waals surface area contributed by atoms with Crippen molar-refractivity contribution in [1.29, 1.82) is 0 Å². The van der Waals surface area contributed by atoms with Gasteiger partial charge in [-0.3, -0.25) is 0 Å². The third kappa shape index (κ3) is 3.04. The van der Waals surface area contributed by atoms with Crippen LogP contribution in [0.2, 0.25) is 10.0 Å². The first-order chi connectivity index (χ1) is 13.0. The molecule has 4 rings (SSSR count). The van der Waals surface area contributed by atoms with Crippen LogP contribution in [0.1, 0.15) is 31.4 Å². The van der Waals surface area contributed by atoms with Crippen LogP contribution in [-0.2, 0) is 6.54 Å². The van der Waals surface area contributed by atoms with Crippen molar-refractivity contribution in [3.63, 3.8) is 0 Å². The van der Waals surface area contributed by atoms with Gasteiger partial charge in [-0.2, -0.15) is 0 Å². The van der Waals surface area contributed by atoms with Gasteiger partial charge in [0.2, 0.25) is 5.95 Å². The second-order valence-electron chi connectivity index (χ2n) is 6.66. The normalized spacial score (nSPS) is 14.7. The van der Waals surface area contributed by atoms with Crippen LogP contribution in [0.5, 0.6) is 5.75 Å². The number of nitrogens with zero attached hydrogens (tertiary/aromatic N) is 2. The lowest BCUT2D eigenvalue weighted by Gasteiger charge is -2.19. The van der Waals surface area contributed by atoms with E-state index >= 15 is 0 Å². The Morgan fingerprint density at radius 3 is 2.81 bits per heavy atom. The Labute approximate surface area is 167 Å². The van der Waals surface area contributed by atoms with Crippen LogP contribution in [0, 0.1) is 0 Å². The van der Waals surface area contributed by atoms with Gasteiger partial charge < -0.3 is 19.7 Å². The largest absolute Gasteiger partial charge is 0.497 e.